The Bertz CT molecular complexity index is 230. The molecule has 0 N–H and O–H groups in total. The van der Waals surface area contributed by atoms with Crippen LogP contribution in [0.3, 0.4) is 0 Å². The lowest BCUT2D eigenvalue weighted by atomic mass is 10.0. The summed E-state index contributed by atoms with van der Waals surface area (Å²) in [6.07, 6.45) is 0.384. The van der Waals surface area contributed by atoms with E-state index >= 15 is 0 Å². The second-order valence-electron chi connectivity index (χ2n) is 2.98. The molecule has 1 heterocycles. The van der Waals surface area contributed by atoms with Crippen molar-refractivity contribution >= 4 is 9.84 Å². The van der Waals surface area contributed by atoms with Crippen LogP contribution in [0, 0.1) is 0 Å². The van der Waals surface area contributed by atoms with Crippen molar-refractivity contribution in [3.63, 3.8) is 0 Å². The van der Waals surface area contributed by atoms with Crippen molar-refractivity contribution in [2.75, 3.05) is 5.75 Å². The molecule has 60 valence electrons. The molecule has 1 saturated heterocycles. The second-order valence-corrected chi connectivity index (χ2v) is 5.17. The van der Waals surface area contributed by atoms with Crippen molar-refractivity contribution in [2.24, 2.45) is 0 Å². The normalized spacial score (nSPS) is 44.5. The predicted molar refractivity (Wildman–Crippen MR) is 37.4 cm³/mol. The van der Waals surface area contributed by atoms with Crippen molar-refractivity contribution in [3.8, 4) is 0 Å². The van der Waals surface area contributed by atoms with Gasteiger partial charge in [-0.05, 0) is 13.3 Å². The Morgan fingerprint density at radius 3 is 2.30 bits per heavy atom. The third-order valence-corrected chi connectivity index (χ3v) is 4.62. The Balaban J connectivity index is 2.84. The van der Waals surface area contributed by atoms with Crippen LogP contribution >= 0.6 is 0 Å². The SMILES string of the molecule is CCC1C(C)(F)CS1(=O)=O. The van der Waals surface area contributed by atoms with Crippen molar-refractivity contribution < 1.29 is 12.8 Å². The van der Waals surface area contributed by atoms with E-state index in [1.54, 1.807) is 6.92 Å². The number of alkyl halides is 1. The summed E-state index contributed by atoms with van der Waals surface area (Å²) in [6, 6.07) is 0. The Labute approximate surface area is 60.3 Å². The largest absolute Gasteiger partial charge is 0.242 e. The average molecular weight is 166 g/mol. The van der Waals surface area contributed by atoms with Gasteiger partial charge in [0.1, 0.15) is 5.67 Å². The number of halogens is 1. The van der Waals surface area contributed by atoms with Gasteiger partial charge >= 0.3 is 0 Å². The van der Waals surface area contributed by atoms with Gasteiger partial charge in [0, 0.05) is 0 Å². The molecule has 0 spiro atoms. The highest BCUT2D eigenvalue weighted by Crippen LogP contribution is 2.37. The molecule has 1 aliphatic rings. The van der Waals surface area contributed by atoms with E-state index in [2.05, 4.69) is 0 Å². The molecule has 0 amide bonds. The lowest BCUT2D eigenvalue weighted by Crippen LogP contribution is -2.57. The van der Waals surface area contributed by atoms with E-state index < -0.39 is 20.8 Å². The van der Waals surface area contributed by atoms with Crippen molar-refractivity contribution in [3.05, 3.63) is 0 Å². The third kappa shape index (κ3) is 0.944. The van der Waals surface area contributed by atoms with Gasteiger partial charge in [-0.25, -0.2) is 12.8 Å². The van der Waals surface area contributed by atoms with E-state index in [4.69, 9.17) is 0 Å². The van der Waals surface area contributed by atoms with Crippen LogP contribution in [0.5, 0.6) is 0 Å². The van der Waals surface area contributed by atoms with Gasteiger partial charge in [-0.15, -0.1) is 0 Å². The highest BCUT2D eigenvalue weighted by molar-refractivity contribution is 7.93. The number of rotatable bonds is 1. The molecule has 2 unspecified atom stereocenters. The van der Waals surface area contributed by atoms with Crippen molar-refractivity contribution in [1.82, 2.24) is 0 Å². The second kappa shape index (κ2) is 1.94. The van der Waals surface area contributed by atoms with Gasteiger partial charge in [0.05, 0.1) is 11.0 Å². The number of hydrogen-bond acceptors (Lipinski definition) is 2. The first-order valence-corrected chi connectivity index (χ1v) is 5.02. The molecular formula is C6H11FO2S. The summed E-state index contributed by atoms with van der Waals surface area (Å²) >= 11 is 0. The number of hydrogen-bond donors (Lipinski definition) is 0. The first-order valence-electron chi connectivity index (χ1n) is 3.30. The third-order valence-electron chi connectivity index (χ3n) is 1.96. The maximum Gasteiger partial charge on any atom is 0.159 e. The van der Waals surface area contributed by atoms with E-state index in [0.29, 0.717) is 6.42 Å². The Hall–Kier alpha value is -0.120. The van der Waals surface area contributed by atoms with Gasteiger partial charge < -0.3 is 0 Å². The van der Waals surface area contributed by atoms with Crippen LogP contribution in [0.1, 0.15) is 20.3 Å². The van der Waals surface area contributed by atoms with Crippen LogP contribution in [0.15, 0.2) is 0 Å². The van der Waals surface area contributed by atoms with Gasteiger partial charge in [-0.1, -0.05) is 6.92 Å². The van der Waals surface area contributed by atoms with Crippen LogP contribution in [0.25, 0.3) is 0 Å². The zero-order chi connectivity index (χ0) is 7.99. The van der Waals surface area contributed by atoms with Crippen LogP contribution in [-0.4, -0.2) is 25.1 Å². The van der Waals surface area contributed by atoms with E-state index in [9.17, 15) is 12.8 Å². The monoisotopic (exact) mass is 166 g/mol. The molecule has 0 aliphatic carbocycles. The summed E-state index contributed by atoms with van der Waals surface area (Å²) in [7, 11) is -3.05. The topological polar surface area (TPSA) is 34.1 Å². The lowest BCUT2D eigenvalue weighted by molar-refractivity contribution is 0.179. The van der Waals surface area contributed by atoms with Crippen molar-refractivity contribution in [1.29, 1.82) is 0 Å². The highest BCUT2D eigenvalue weighted by Gasteiger charge is 2.55. The van der Waals surface area contributed by atoms with Crippen LogP contribution in [0.2, 0.25) is 0 Å². The Morgan fingerprint density at radius 1 is 1.70 bits per heavy atom. The van der Waals surface area contributed by atoms with Gasteiger partial charge in [-0.2, -0.15) is 0 Å². The Morgan fingerprint density at radius 2 is 2.20 bits per heavy atom. The maximum absolute atomic E-state index is 13.0. The average Bonchev–Trinajstić information content (AvgIpc) is 1.59. The molecule has 1 rings (SSSR count). The zero-order valence-electron chi connectivity index (χ0n) is 6.09. The summed E-state index contributed by atoms with van der Waals surface area (Å²) < 4.78 is 34.6. The summed E-state index contributed by atoms with van der Waals surface area (Å²) in [5.41, 5.74) is -1.46. The van der Waals surface area contributed by atoms with E-state index in [1.165, 1.54) is 6.92 Å². The molecule has 0 bridgehead atoms. The van der Waals surface area contributed by atoms with E-state index in [-0.39, 0.29) is 5.75 Å². The summed E-state index contributed by atoms with van der Waals surface area (Å²) in [5, 5.41) is -0.750. The molecule has 10 heavy (non-hydrogen) atoms. The maximum atomic E-state index is 13.0. The smallest absolute Gasteiger partial charge is 0.159 e. The molecule has 0 aromatic carbocycles. The summed E-state index contributed by atoms with van der Waals surface area (Å²) in [4.78, 5) is 0. The zero-order valence-corrected chi connectivity index (χ0v) is 6.91. The first-order chi connectivity index (χ1) is 4.40. The minimum absolute atomic E-state index is 0.293. The van der Waals surface area contributed by atoms with Gasteiger partial charge in [-0.3, -0.25) is 0 Å². The summed E-state index contributed by atoms with van der Waals surface area (Å²) in [6.45, 7) is 3.04. The fourth-order valence-corrected chi connectivity index (χ4v) is 3.77. The molecule has 0 radical (unpaired) electrons. The van der Waals surface area contributed by atoms with Crippen molar-refractivity contribution in [2.45, 2.75) is 31.2 Å². The molecule has 0 saturated carbocycles. The van der Waals surface area contributed by atoms with Gasteiger partial charge in [0.25, 0.3) is 0 Å². The minimum atomic E-state index is -3.05. The quantitative estimate of drug-likeness (QED) is 0.580. The Kier molecular flexibility index (Phi) is 1.54. The molecule has 2 atom stereocenters. The van der Waals surface area contributed by atoms with Gasteiger partial charge in [0.2, 0.25) is 0 Å². The van der Waals surface area contributed by atoms with Crippen LogP contribution in [-0.2, 0) is 9.84 Å². The van der Waals surface area contributed by atoms with E-state index in [0.717, 1.165) is 0 Å². The fraction of sp³-hybridized carbons (Fsp3) is 1.00. The highest BCUT2D eigenvalue weighted by atomic mass is 32.2. The van der Waals surface area contributed by atoms with Crippen LogP contribution < -0.4 is 0 Å². The predicted octanol–water partition coefficient (Wildman–Crippen LogP) is 0.922. The van der Waals surface area contributed by atoms with Gasteiger partial charge in [0.15, 0.2) is 9.84 Å². The van der Waals surface area contributed by atoms with Crippen LogP contribution in [0.4, 0.5) is 4.39 Å². The fourth-order valence-electron chi connectivity index (χ4n) is 1.54. The lowest BCUT2D eigenvalue weighted by Gasteiger charge is -2.38. The summed E-state index contributed by atoms with van der Waals surface area (Å²) in [5.74, 6) is -0.293. The molecule has 0 aromatic heterocycles. The molecule has 4 heteroatoms. The standard InChI is InChI=1S/C6H11FO2S/c1-3-5-6(2,7)4-10(5,8)9/h5H,3-4H2,1-2H3. The number of sulfone groups is 1. The molecule has 0 aromatic rings. The van der Waals surface area contributed by atoms with E-state index in [1.807, 2.05) is 0 Å². The first kappa shape index (κ1) is 7.98. The molecule has 1 aliphatic heterocycles. The minimum Gasteiger partial charge on any atom is -0.242 e. The molecule has 2 nitrogen and oxygen atoms in total. The molecule has 1 fully saturated rings. The molecular weight excluding hydrogens is 155 g/mol.